The summed E-state index contributed by atoms with van der Waals surface area (Å²) in [6, 6.07) is 6.28. The van der Waals surface area contributed by atoms with Crippen LogP contribution in [-0.4, -0.2) is 81.0 Å². The zero-order valence-corrected chi connectivity index (χ0v) is 26.1. The number of pyridine rings is 1. The highest BCUT2D eigenvalue weighted by Crippen LogP contribution is 2.47. The normalized spacial score (nSPS) is 29.6. The first-order valence-electron chi connectivity index (χ1n) is 16.6. The van der Waals surface area contributed by atoms with Crippen LogP contribution in [0, 0.1) is 24.0 Å². The SMILES string of the molecule is C#Cc1c(F)ccc2cc(O)cc(-c3nc4c5c(nc(OC[C@@]67CCCN6C[C@H](F)C7)nc5c3F)N3C[C@H]5CC[C@H](N5)[C@H]3C[C@H]4C)c12. The van der Waals surface area contributed by atoms with Crippen molar-refractivity contribution in [1.29, 1.82) is 0 Å². The lowest BCUT2D eigenvalue weighted by Gasteiger charge is -2.41. The van der Waals surface area contributed by atoms with Crippen molar-refractivity contribution in [1.82, 2.24) is 25.2 Å². The van der Waals surface area contributed by atoms with Crippen LogP contribution in [0.25, 0.3) is 32.9 Å². The molecule has 7 heterocycles. The van der Waals surface area contributed by atoms with E-state index in [0.29, 0.717) is 47.8 Å². The molecule has 2 aromatic carbocycles. The molecule has 47 heavy (non-hydrogen) atoms. The molecule has 5 aliphatic heterocycles. The van der Waals surface area contributed by atoms with Crippen molar-refractivity contribution in [2.24, 2.45) is 0 Å². The minimum Gasteiger partial charge on any atom is -0.508 e. The number of fused-ring (bicyclic) bond motifs is 7. The van der Waals surface area contributed by atoms with Gasteiger partial charge in [-0.25, -0.2) is 18.2 Å². The van der Waals surface area contributed by atoms with Gasteiger partial charge in [-0.05, 0) is 62.2 Å². The van der Waals surface area contributed by atoms with Gasteiger partial charge in [0.1, 0.15) is 41.4 Å². The van der Waals surface area contributed by atoms with E-state index in [9.17, 15) is 9.50 Å². The molecule has 2 bridgehead atoms. The molecule has 8 nitrogen and oxygen atoms in total. The van der Waals surface area contributed by atoms with E-state index in [-0.39, 0.29) is 64.1 Å². The number of halogens is 3. The van der Waals surface area contributed by atoms with Crippen LogP contribution in [0.15, 0.2) is 24.3 Å². The molecular weight excluding hydrogens is 605 g/mol. The third-order valence-corrected chi connectivity index (χ3v) is 11.3. The second kappa shape index (κ2) is 10.4. The van der Waals surface area contributed by atoms with Gasteiger partial charge in [-0.2, -0.15) is 9.97 Å². The van der Waals surface area contributed by atoms with Gasteiger partial charge in [-0.15, -0.1) is 6.42 Å². The summed E-state index contributed by atoms with van der Waals surface area (Å²) in [7, 11) is 0. The van der Waals surface area contributed by atoms with Crippen LogP contribution in [0.3, 0.4) is 0 Å². The lowest BCUT2D eigenvalue weighted by Crippen LogP contribution is -2.58. The second-order valence-electron chi connectivity index (χ2n) is 14.1. The van der Waals surface area contributed by atoms with Crippen molar-refractivity contribution in [3.63, 3.8) is 0 Å². The smallest absolute Gasteiger partial charge is 0.319 e. The molecule has 242 valence electrons. The molecule has 4 saturated heterocycles. The zero-order valence-electron chi connectivity index (χ0n) is 26.1. The molecule has 6 atom stereocenters. The van der Waals surface area contributed by atoms with Crippen molar-refractivity contribution < 1.29 is 23.0 Å². The molecule has 4 aromatic rings. The van der Waals surface area contributed by atoms with Crippen molar-refractivity contribution in [3.05, 3.63) is 47.2 Å². The number of anilines is 1. The molecule has 0 saturated carbocycles. The molecule has 4 fully saturated rings. The van der Waals surface area contributed by atoms with E-state index in [1.807, 2.05) is 0 Å². The summed E-state index contributed by atoms with van der Waals surface area (Å²) < 4.78 is 53.1. The predicted molar refractivity (Wildman–Crippen MR) is 172 cm³/mol. The molecular formula is C36H35F3N6O2. The maximum Gasteiger partial charge on any atom is 0.319 e. The number of piperazine rings is 1. The fourth-order valence-corrected chi connectivity index (χ4v) is 9.27. The second-order valence-corrected chi connectivity index (χ2v) is 14.1. The Bertz CT molecular complexity index is 2020. The van der Waals surface area contributed by atoms with Gasteiger partial charge < -0.3 is 20.1 Å². The molecule has 11 heteroatoms. The van der Waals surface area contributed by atoms with E-state index in [0.717, 1.165) is 38.6 Å². The van der Waals surface area contributed by atoms with Crippen LogP contribution in [0.4, 0.5) is 19.0 Å². The number of aromatic hydroxyl groups is 1. The molecule has 0 radical (unpaired) electrons. The Labute approximate surface area is 270 Å². The Morgan fingerprint density at radius 2 is 2.02 bits per heavy atom. The Hall–Kier alpha value is -4.14. The number of alkyl halides is 1. The summed E-state index contributed by atoms with van der Waals surface area (Å²) in [5.41, 5.74) is 0.326. The van der Waals surface area contributed by atoms with E-state index < -0.39 is 23.3 Å². The molecule has 0 aliphatic carbocycles. The van der Waals surface area contributed by atoms with Crippen LogP contribution in [0.5, 0.6) is 11.8 Å². The van der Waals surface area contributed by atoms with Gasteiger partial charge in [-0.1, -0.05) is 18.9 Å². The van der Waals surface area contributed by atoms with Crippen LogP contribution >= 0.6 is 0 Å². The molecule has 5 aliphatic rings. The largest absolute Gasteiger partial charge is 0.508 e. The summed E-state index contributed by atoms with van der Waals surface area (Å²) >= 11 is 0. The van der Waals surface area contributed by atoms with Crippen molar-refractivity contribution in [2.45, 2.75) is 81.2 Å². The monoisotopic (exact) mass is 640 g/mol. The average molecular weight is 641 g/mol. The Kier molecular flexibility index (Phi) is 6.44. The molecule has 9 rings (SSSR count). The van der Waals surface area contributed by atoms with E-state index in [4.69, 9.17) is 26.1 Å². The minimum atomic E-state index is -0.914. The van der Waals surface area contributed by atoms with Gasteiger partial charge in [0.25, 0.3) is 0 Å². The predicted octanol–water partition coefficient (Wildman–Crippen LogP) is 5.58. The lowest BCUT2D eigenvalue weighted by atomic mass is 9.91. The molecule has 0 unspecified atom stereocenters. The van der Waals surface area contributed by atoms with E-state index in [2.05, 4.69) is 28.0 Å². The fourth-order valence-electron chi connectivity index (χ4n) is 9.27. The number of phenolic OH excluding ortho intramolecular Hbond substituents is 1. The number of terminal acetylenes is 1. The number of hydrogen-bond acceptors (Lipinski definition) is 8. The van der Waals surface area contributed by atoms with Crippen molar-refractivity contribution >= 4 is 27.5 Å². The first-order chi connectivity index (χ1) is 22.7. The highest BCUT2D eigenvalue weighted by atomic mass is 19.1. The molecule has 0 spiro atoms. The standard InChI is InChI=1S/C36H35F3N6O2/c1-3-23-25(38)7-5-19-12-22(46)13-24(28(19)23)32-30(39)33-29-31(41-32)18(2)11-27-26-8-6-21(40-26)16-45(27)34(29)43-35(42-33)47-17-36-9-4-10-44(36)15-20(37)14-36/h1,5,7,12-13,18,20-21,26-27,40,46H,4,6,8-11,14-17H2,2H3/t18-,20-,21-,26+,27-,36+/m1/s1. The summed E-state index contributed by atoms with van der Waals surface area (Å²) in [4.78, 5) is 19.1. The molecule has 2 N–H and O–H groups in total. The third-order valence-electron chi connectivity index (χ3n) is 11.3. The van der Waals surface area contributed by atoms with E-state index in [1.54, 1.807) is 0 Å². The molecule has 0 amide bonds. The summed E-state index contributed by atoms with van der Waals surface area (Å²) in [5, 5.41) is 15.8. The zero-order chi connectivity index (χ0) is 32.2. The first kappa shape index (κ1) is 29.0. The third kappa shape index (κ3) is 4.34. The van der Waals surface area contributed by atoms with Crippen molar-refractivity contribution in [2.75, 3.05) is 31.1 Å². The quantitative estimate of drug-likeness (QED) is 0.280. The Balaban J connectivity index is 1.27. The number of benzene rings is 2. The maximum atomic E-state index is 17.2. The average Bonchev–Trinajstić information content (AvgIpc) is 3.70. The summed E-state index contributed by atoms with van der Waals surface area (Å²) in [6.45, 7) is 4.21. The summed E-state index contributed by atoms with van der Waals surface area (Å²) in [6.07, 6.45) is 9.88. The number of hydrogen-bond donors (Lipinski definition) is 2. The van der Waals surface area contributed by atoms with Crippen LogP contribution in [0.1, 0.15) is 62.6 Å². The number of aromatic nitrogens is 3. The number of ether oxygens (including phenoxy) is 1. The lowest BCUT2D eigenvalue weighted by molar-refractivity contribution is 0.107. The Morgan fingerprint density at radius 1 is 1.15 bits per heavy atom. The first-order valence-corrected chi connectivity index (χ1v) is 16.6. The van der Waals surface area contributed by atoms with Gasteiger partial charge in [0.2, 0.25) is 0 Å². The van der Waals surface area contributed by atoms with E-state index in [1.165, 1.54) is 24.3 Å². The van der Waals surface area contributed by atoms with Crippen molar-refractivity contribution in [3.8, 4) is 35.4 Å². The highest BCUT2D eigenvalue weighted by Gasteiger charge is 2.50. The molecule has 2 aromatic heterocycles. The maximum absolute atomic E-state index is 17.2. The van der Waals surface area contributed by atoms with Gasteiger partial charge in [-0.3, -0.25) is 4.90 Å². The summed E-state index contributed by atoms with van der Waals surface area (Å²) in [5.74, 6) is 1.43. The highest BCUT2D eigenvalue weighted by molar-refractivity contribution is 6.03. The van der Waals surface area contributed by atoms with Crippen LogP contribution < -0.4 is 15.0 Å². The van der Waals surface area contributed by atoms with Gasteiger partial charge in [0.05, 0.1) is 22.2 Å². The van der Waals surface area contributed by atoms with Crippen LogP contribution in [-0.2, 0) is 0 Å². The number of nitrogens with zero attached hydrogens (tertiary/aromatic N) is 5. The number of nitrogens with one attached hydrogen (secondary N) is 1. The van der Waals surface area contributed by atoms with Gasteiger partial charge in [0.15, 0.2) is 5.82 Å². The number of phenols is 1. The van der Waals surface area contributed by atoms with Gasteiger partial charge >= 0.3 is 6.01 Å². The number of rotatable bonds is 4. The topological polar surface area (TPSA) is 86.6 Å². The van der Waals surface area contributed by atoms with Gasteiger partial charge in [0, 0.05) is 54.5 Å². The minimum absolute atomic E-state index is 0.0348. The Morgan fingerprint density at radius 3 is 2.87 bits per heavy atom. The fraction of sp³-hybridized carbons (Fsp3) is 0.472. The van der Waals surface area contributed by atoms with E-state index >= 15 is 8.78 Å². The van der Waals surface area contributed by atoms with Crippen LogP contribution in [0.2, 0.25) is 0 Å².